The number of hydrogen-bond donors (Lipinski definition) is 2. The smallest absolute Gasteiger partial charge is 0.410 e. The predicted molar refractivity (Wildman–Crippen MR) is 161 cm³/mol. The molecule has 0 radical (unpaired) electrons. The second kappa shape index (κ2) is 13.2. The third kappa shape index (κ3) is 8.34. The van der Waals surface area contributed by atoms with Crippen LogP contribution in [0.25, 0.3) is 0 Å². The average Bonchev–Trinajstić information content (AvgIpc) is 3.28. The van der Waals surface area contributed by atoms with Gasteiger partial charge < -0.3 is 25.0 Å². The molecule has 3 aromatic rings. The minimum Gasteiger partial charge on any atom is -0.465 e. The topological polar surface area (TPSA) is 114 Å². The van der Waals surface area contributed by atoms with Crippen molar-refractivity contribution in [1.82, 2.24) is 4.90 Å². The van der Waals surface area contributed by atoms with Crippen LogP contribution in [0.4, 0.5) is 15.5 Å². The van der Waals surface area contributed by atoms with Gasteiger partial charge in [0.2, 0.25) is 11.8 Å². The summed E-state index contributed by atoms with van der Waals surface area (Å²) in [7, 11) is 1.30. The van der Waals surface area contributed by atoms with Gasteiger partial charge in [0, 0.05) is 22.0 Å². The van der Waals surface area contributed by atoms with Gasteiger partial charge in [-0.2, -0.15) is 0 Å². The zero-order valence-electron chi connectivity index (χ0n) is 23.4. The fraction of sp³-hybridized carbons (Fsp3) is 0.333. The lowest BCUT2D eigenvalue weighted by atomic mass is 10.0. The second-order valence-corrected chi connectivity index (χ2v) is 12.6. The van der Waals surface area contributed by atoms with Crippen molar-refractivity contribution in [1.29, 1.82) is 0 Å². The summed E-state index contributed by atoms with van der Waals surface area (Å²) in [4.78, 5) is 53.8. The summed E-state index contributed by atoms with van der Waals surface area (Å²) in [6.45, 7) is 6.11. The van der Waals surface area contributed by atoms with Crippen LogP contribution in [-0.4, -0.2) is 53.8 Å². The molecule has 0 saturated carbocycles. The number of nitrogens with zero attached hydrogens (tertiary/aromatic N) is 1. The highest BCUT2D eigenvalue weighted by molar-refractivity contribution is 8.00. The lowest BCUT2D eigenvalue weighted by Crippen LogP contribution is -2.39. The first kappa shape index (κ1) is 30.1. The molecule has 2 aromatic carbocycles. The number of esters is 1. The van der Waals surface area contributed by atoms with E-state index in [2.05, 4.69) is 10.6 Å². The van der Waals surface area contributed by atoms with Crippen LogP contribution in [0.15, 0.2) is 59.5 Å². The van der Waals surface area contributed by atoms with E-state index in [9.17, 15) is 19.2 Å². The summed E-state index contributed by atoms with van der Waals surface area (Å²) >= 11 is 2.58. The maximum Gasteiger partial charge on any atom is 0.410 e. The molecule has 1 aliphatic heterocycles. The third-order valence-electron chi connectivity index (χ3n) is 6.05. The van der Waals surface area contributed by atoms with Crippen molar-refractivity contribution in [3.63, 3.8) is 0 Å². The molecule has 0 spiro atoms. The SMILES string of the molecule is COC(=O)c1c(NC(=O)CSc2cccc(NC(=O)Cc3ccccc3)c2)sc2c1CCN(C(=O)OC(C)(C)C)C2. The first-order valence-corrected chi connectivity index (χ1v) is 14.9. The van der Waals surface area contributed by atoms with Crippen LogP contribution in [0.2, 0.25) is 0 Å². The van der Waals surface area contributed by atoms with Gasteiger partial charge in [-0.25, -0.2) is 9.59 Å². The fourth-order valence-corrected chi connectivity index (χ4v) is 6.28. The predicted octanol–water partition coefficient (Wildman–Crippen LogP) is 5.74. The van der Waals surface area contributed by atoms with Gasteiger partial charge in [-0.3, -0.25) is 9.59 Å². The lowest BCUT2D eigenvalue weighted by molar-refractivity contribution is -0.115. The van der Waals surface area contributed by atoms with Gasteiger partial charge >= 0.3 is 12.1 Å². The van der Waals surface area contributed by atoms with Crippen LogP contribution < -0.4 is 10.6 Å². The van der Waals surface area contributed by atoms with E-state index in [1.54, 1.807) is 11.0 Å². The number of thioether (sulfide) groups is 1. The molecule has 4 rings (SSSR count). The number of fused-ring (bicyclic) bond motifs is 1. The second-order valence-electron chi connectivity index (χ2n) is 10.4. The number of carbonyl (C=O) groups excluding carboxylic acids is 4. The van der Waals surface area contributed by atoms with Crippen LogP contribution in [0.3, 0.4) is 0 Å². The van der Waals surface area contributed by atoms with Crippen LogP contribution in [0.5, 0.6) is 0 Å². The number of benzene rings is 2. The molecular formula is C30H33N3O6S2. The summed E-state index contributed by atoms with van der Waals surface area (Å²) in [5, 5.41) is 6.16. The van der Waals surface area contributed by atoms with Crippen LogP contribution >= 0.6 is 23.1 Å². The molecule has 0 unspecified atom stereocenters. The zero-order valence-corrected chi connectivity index (χ0v) is 25.1. The molecule has 0 atom stereocenters. The average molecular weight is 596 g/mol. The Morgan fingerprint density at radius 3 is 2.46 bits per heavy atom. The van der Waals surface area contributed by atoms with E-state index in [1.807, 2.05) is 69.3 Å². The van der Waals surface area contributed by atoms with Crippen molar-refractivity contribution in [2.24, 2.45) is 0 Å². The lowest BCUT2D eigenvalue weighted by Gasteiger charge is -2.30. The molecule has 0 bridgehead atoms. The van der Waals surface area contributed by atoms with Gasteiger partial charge in [0.25, 0.3) is 0 Å². The maximum absolute atomic E-state index is 12.9. The number of rotatable bonds is 8. The van der Waals surface area contributed by atoms with Crippen LogP contribution in [0, 0.1) is 0 Å². The van der Waals surface area contributed by atoms with E-state index < -0.39 is 17.7 Å². The zero-order chi connectivity index (χ0) is 29.6. The Bertz CT molecular complexity index is 1430. The van der Waals surface area contributed by atoms with E-state index in [0.29, 0.717) is 29.2 Å². The number of thiophene rings is 1. The van der Waals surface area contributed by atoms with E-state index in [0.717, 1.165) is 20.9 Å². The molecule has 1 aliphatic rings. The standard InChI is InChI=1S/C30H33N3O6S2/c1-30(2,3)39-29(37)33-14-13-22-23(17-33)41-27(26(22)28(36)38-4)32-25(35)18-40-21-12-8-11-20(16-21)31-24(34)15-19-9-6-5-7-10-19/h5-12,16H,13-15,17-18H2,1-4H3,(H,31,34)(H,32,35). The number of amides is 3. The number of ether oxygens (including phenoxy) is 2. The largest absolute Gasteiger partial charge is 0.465 e. The Kier molecular flexibility index (Phi) is 9.72. The minimum atomic E-state index is -0.617. The summed E-state index contributed by atoms with van der Waals surface area (Å²) in [6.07, 6.45) is 0.295. The highest BCUT2D eigenvalue weighted by Gasteiger charge is 2.32. The van der Waals surface area contributed by atoms with Crippen LogP contribution in [0.1, 0.15) is 47.1 Å². The molecule has 2 heterocycles. The van der Waals surface area contributed by atoms with Crippen molar-refractivity contribution in [3.05, 3.63) is 76.2 Å². The number of carbonyl (C=O) groups is 4. The van der Waals surface area contributed by atoms with Gasteiger partial charge in [-0.1, -0.05) is 36.4 Å². The molecule has 3 amide bonds. The molecule has 0 saturated heterocycles. The van der Waals surface area contributed by atoms with E-state index in [1.165, 1.54) is 30.2 Å². The number of nitrogens with one attached hydrogen (secondary N) is 2. The van der Waals surface area contributed by atoms with Crippen molar-refractivity contribution < 1.29 is 28.7 Å². The van der Waals surface area contributed by atoms with Crippen molar-refractivity contribution in [3.8, 4) is 0 Å². The van der Waals surface area contributed by atoms with Gasteiger partial charge in [-0.15, -0.1) is 23.1 Å². The van der Waals surface area contributed by atoms with Gasteiger partial charge in [0.05, 0.1) is 31.4 Å². The Morgan fingerprint density at radius 1 is 1.00 bits per heavy atom. The van der Waals surface area contributed by atoms with E-state index in [4.69, 9.17) is 9.47 Å². The van der Waals surface area contributed by atoms with Gasteiger partial charge in [0.15, 0.2) is 0 Å². The summed E-state index contributed by atoms with van der Waals surface area (Å²) in [5.74, 6) is -0.857. The molecule has 41 heavy (non-hydrogen) atoms. The van der Waals surface area contributed by atoms with Crippen molar-refractivity contribution in [2.75, 3.05) is 30.0 Å². The minimum absolute atomic E-state index is 0.0919. The molecular weight excluding hydrogens is 562 g/mol. The highest BCUT2D eigenvalue weighted by Crippen LogP contribution is 2.38. The van der Waals surface area contributed by atoms with Gasteiger partial charge in [0.1, 0.15) is 10.6 Å². The number of hydrogen-bond acceptors (Lipinski definition) is 8. The normalized spacial score (nSPS) is 12.7. The maximum atomic E-state index is 12.9. The third-order valence-corrected chi connectivity index (χ3v) is 8.17. The Balaban J connectivity index is 1.38. The molecule has 0 aliphatic carbocycles. The summed E-state index contributed by atoms with van der Waals surface area (Å²) < 4.78 is 10.5. The first-order valence-electron chi connectivity index (χ1n) is 13.1. The first-order chi connectivity index (χ1) is 19.5. The summed E-state index contributed by atoms with van der Waals surface area (Å²) in [6, 6.07) is 16.8. The van der Waals surface area contributed by atoms with Crippen molar-refractivity contribution in [2.45, 2.75) is 50.7 Å². The molecule has 2 N–H and O–H groups in total. The molecule has 0 fully saturated rings. The van der Waals surface area contributed by atoms with Gasteiger partial charge in [-0.05, 0) is 56.5 Å². The number of anilines is 2. The monoisotopic (exact) mass is 595 g/mol. The fourth-order valence-electron chi connectivity index (χ4n) is 4.25. The van der Waals surface area contributed by atoms with E-state index >= 15 is 0 Å². The number of methoxy groups -OCH3 is 1. The summed E-state index contributed by atoms with van der Waals surface area (Å²) in [5.41, 5.74) is 2.06. The Morgan fingerprint density at radius 2 is 1.76 bits per heavy atom. The molecule has 216 valence electrons. The molecule has 9 nitrogen and oxygen atoms in total. The highest BCUT2D eigenvalue weighted by atomic mass is 32.2. The van der Waals surface area contributed by atoms with Crippen LogP contribution in [-0.2, 0) is 38.4 Å². The Hall–Kier alpha value is -3.83. The van der Waals surface area contributed by atoms with Crippen molar-refractivity contribution >= 4 is 57.7 Å². The Labute approximate surface area is 247 Å². The molecule has 1 aromatic heterocycles. The van der Waals surface area contributed by atoms with E-state index in [-0.39, 0.29) is 30.5 Å². The quantitative estimate of drug-likeness (QED) is 0.252. The molecule has 11 heteroatoms.